The molecule has 0 fully saturated rings. The van der Waals surface area contributed by atoms with E-state index in [2.05, 4.69) is 0 Å². The quantitative estimate of drug-likeness (QED) is 0.582. The molecule has 0 aliphatic rings. The van der Waals surface area contributed by atoms with Gasteiger partial charge in [0.25, 0.3) is 0 Å². The number of hydrogen-bond acceptors (Lipinski definition) is 2. The van der Waals surface area contributed by atoms with E-state index < -0.39 is 0 Å². The Morgan fingerprint density at radius 2 is 2.00 bits per heavy atom. The van der Waals surface area contributed by atoms with Crippen LogP contribution in [0.15, 0.2) is 34.7 Å². The molecule has 0 amide bonds. The Morgan fingerprint density at radius 3 is 2.75 bits per heavy atom. The lowest BCUT2D eigenvalue weighted by Crippen LogP contribution is -2.00. The lowest BCUT2D eigenvalue weighted by molar-refractivity contribution is 0.101. The number of ketones is 1. The van der Waals surface area contributed by atoms with Gasteiger partial charge in [-0.15, -0.1) is 0 Å². The number of aromatic nitrogens is 1. The average molecular weight is 213 g/mol. The fraction of sp³-hybridized carbons (Fsp3) is 0.154. The molecule has 0 bridgehead atoms. The van der Waals surface area contributed by atoms with Gasteiger partial charge in [-0.05, 0) is 12.1 Å². The molecule has 0 aliphatic carbocycles. The van der Waals surface area contributed by atoms with E-state index in [0.717, 1.165) is 22.1 Å². The maximum absolute atomic E-state index is 11.4. The molecule has 2 heterocycles. The van der Waals surface area contributed by atoms with Crippen molar-refractivity contribution >= 4 is 27.9 Å². The summed E-state index contributed by atoms with van der Waals surface area (Å²) in [5, 5.41) is 1.05. The first-order valence-electron chi connectivity index (χ1n) is 5.16. The molecule has 1 aromatic carbocycles. The molecule has 0 saturated carbocycles. The predicted molar refractivity (Wildman–Crippen MR) is 62.7 cm³/mol. The zero-order chi connectivity index (χ0) is 11.3. The van der Waals surface area contributed by atoms with Crippen LogP contribution in [0, 0.1) is 0 Å². The fourth-order valence-electron chi connectivity index (χ4n) is 2.17. The van der Waals surface area contributed by atoms with Gasteiger partial charge in [-0.2, -0.15) is 0 Å². The number of hydrogen-bond donors (Lipinski definition) is 0. The molecule has 0 saturated heterocycles. The molecule has 0 radical (unpaired) electrons. The number of aryl methyl sites for hydroxylation is 1. The van der Waals surface area contributed by atoms with Crippen molar-refractivity contribution in [3.05, 3.63) is 36.0 Å². The number of carbonyl (C=O) groups is 1. The lowest BCUT2D eigenvalue weighted by atomic mass is 10.2. The van der Waals surface area contributed by atoms with Crippen molar-refractivity contribution < 1.29 is 9.21 Å². The number of benzene rings is 1. The summed E-state index contributed by atoms with van der Waals surface area (Å²) in [7, 11) is 1.89. The number of nitrogens with zero attached hydrogens (tertiary/aromatic N) is 1. The Kier molecular flexibility index (Phi) is 1.72. The molecule has 0 N–H and O–H groups in total. The third-order valence-electron chi connectivity index (χ3n) is 2.92. The van der Waals surface area contributed by atoms with Crippen LogP contribution in [0.5, 0.6) is 0 Å². The molecule has 0 spiro atoms. The Balaban J connectivity index is 2.50. The topological polar surface area (TPSA) is 35.1 Å². The molecule has 3 aromatic rings. The van der Waals surface area contributed by atoms with Gasteiger partial charge in [0.15, 0.2) is 11.4 Å². The first-order chi connectivity index (χ1) is 7.68. The van der Waals surface area contributed by atoms with E-state index in [-0.39, 0.29) is 5.78 Å². The van der Waals surface area contributed by atoms with Gasteiger partial charge >= 0.3 is 0 Å². The van der Waals surface area contributed by atoms with E-state index in [4.69, 9.17) is 4.42 Å². The Labute approximate surface area is 92.3 Å². The minimum absolute atomic E-state index is 0.0537. The standard InChI is InChI=1S/C13H11NO2/c1-8(15)10-7-12-13(14(10)2)9-5-3-4-6-11(9)16-12/h3-7H,1-2H3. The number of Topliss-reactive ketones (excluding diaryl/α,β-unsaturated/α-hetero) is 1. The molecule has 3 rings (SSSR count). The maximum Gasteiger partial charge on any atom is 0.176 e. The smallest absolute Gasteiger partial charge is 0.176 e. The summed E-state index contributed by atoms with van der Waals surface area (Å²) >= 11 is 0. The predicted octanol–water partition coefficient (Wildman–Crippen LogP) is 3.13. The highest BCUT2D eigenvalue weighted by molar-refractivity contribution is 6.07. The molecule has 3 nitrogen and oxygen atoms in total. The zero-order valence-electron chi connectivity index (χ0n) is 9.15. The fourth-order valence-corrected chi connectivity index (χ4v) is 2.17. The van der Waals surface area contributed by atoms with E-state index in [1.54, 1.807) is 13.0 Å². The Morgan fingerprint density at radius 1 is 1.25 bits per heavy atom. The summed E-state index contributed by atoms with van der Waals surface area (Å²) in [6, 6.07) is 9.65. The molecular formula is C13H11NO2. The van der Waals surface area contributed by atoms with Crippen molar-refractivity contribution in [3.8, 4) is 0 Å². The molecule has 0 unspecified atom stereocenters. The number of carbonyl (C=O) groups excluding carboxylic acids is 1. The highest BCUT2D eigenvalue weighted by atomic mass is 16.3. The van der Waals surface area contributed by atoms with Gasteiger partial charge in [0.2, 0.25) is 0 Å². The van der Waals surface area contributed by atoms with Crippen molar-refractivity contribution in [1.82, 2.24) is 4.57 Å². The summed E-state index contributed by atoms with van der Waals surface area (Å²) in [4.78, 5) is 11.4. The van der Waals surface area contributed by atoms with Crippen LogP contribution in [0.1, 0.15) is 17.4 Å². The van der Waals surface area contributed by atoms with Crippen LogP contribution in [-0.4, -0.2) is 10.4 Å². The third kappa shape index (κ3) is 1.05. The second kappa shape index (κ2) is 2.98. The molecule has 2 aromatic heterocycles. The first-order valence-corrected chi connectivity index (χ1v) is 5.16. The van der Waals surface area contributed by atoms with Crippen LogP contribution in [0.25, 0.3) is 22.1 Å². The second-order valence-corrected chi connectivity index (χ2v) is 3.96. The number of rotatable bonds is 1. The van der Waals surface area contributed by atoms with Gasteiger partial charge in [0.05, 0.1) is 11.2 Å². The zero-order valence-corrected chi connectivity index (χ0v) is 9.15. The van der Waals surface area contributed by atoms with Crippen LogP contribution in [0.3, 0.4) is 0 Å². The molecule has 80 valence electrons. The first kappa shape index (κ1) is 9.21. The highest BCUT2D eigenvalue weighted by Gasteiger charge is 2.15. The molecule has 0 atom stereocenters. The normalized spacial score (nSPS) is 11.4. The van der Waals surface area contributed by atoms with Gasteiger partial charge in [-0.25, -0.2) is 0 Å². The molecule has 0 aliphatic heterocycles. The largest absolute Gasteiger partial charge is 0.454 e. The number of fused-ring (bicyclic) bond motifs is 3. The van der Waals surface area contributed by atoms with Crippen LogP contribution >= 0.6 is 0 Å². The minimum atomic E-state index is 0.0537. The minimum Gasteiger partial charge on any atom is -0.454 e. The van der Waals surface area contributed by atoms with Gasteiger partial charge in [-0.3, -0.25) is 4.79 Å². The van der Waals surface area contributed by atoms with Gasteiger partial charge in [0, 0.05) is 25.4 Å². The summed E-state index contributed by atoms with van der Waals surface area (Å²) in [6.07, 6.45) is 0. The maximum atomic E-state index is 11.4. The summed E-state index contributed by atoms with van der Waals surface area (Å²) in [5.74, 6) is 0.0537. The monoisotopic (exact) mass is 213 g/mol. The van der Waals surface area contributed by atoms with Crippen LogP contribution in [0.4, 0.5) is 0 Å². The van der Waals surface area contributed by atoms with Crippen molar-refractivity contribution in [1.29, 1.82) is 0 Å². The summed E-state index contributed by atoms with van der Waals surface area (Å²) in [6.45, 7) is 1.57. The highest BCUT2D eigenvalue weighted by Crippen LogP contribution is 2.30. The van der Waals surface area contributed by atoms with Crippen molar-refractivity contribution in [2.45, 2.75) is 6.92 Å². The van der Waals surface area contributed by atoms with Crippen LogP contribution < -0.4 is 0 Å². The van der Waals surface area contributed by atoms with Gasteiger partial charge in [0.1, 0.15) is 5.58 Å². The second-order valence-electron chi connectivity index (χ2n) is 3.96. The van der Waals surface area contributed by atoms with E-state index in [0.29, 0.717) is 5.69 Å². The number of furan rings is 1. The van der Waals surface area contributed by atoms with E-state index in [9.17, 15) is 4.79 Å². The Hall–Kier alpha value is -2.03. The van der Waals surface area contributed by atoms with Crippen LogP contribution in [0.2, 0.25) is 0 Å². The van der Waals surface area contributed by atoms with E-state index >= 15 is 0 Å². The molecule has 16 heavy (non-hydrogen) atoms. The van der Waals surface area contributed by atoms with Crippen LogP contribution in [-0.2, 0) is 7.05 Å². The molecular weight excluding hydrogens is 202 g/mol. The lowest BCUT2D eigenvalue weighted by Gasteiger charge is -1.98. The van der Waals surface area contributed by atoms with Gasteiger partial charge < -0.3 is 8.98 Å². The van der Waals surface area contributed by atoms with Gasteiger partial charge in [-0.1, -0.05) is 12.1 Å². The summed E-state index contributed by atoms with van der Waals surface area (Å²) < 4.78 is 7.58. The average Bonchev–Trinajstić information content (AvgIpc) is 2.75. The third-order valence-corrected chi connectivity index (χ3v) is 2.92. The van der Waals surface area contributed by atoms with E-state index in [1.165, 1.54) is 0 Å². The summed E-state index contributed by atoms with van der Waals surface area (Å²) in [5.41, 5.74) is 3.30. The van der Waals surface area contributed by atoms with E-state index in [1.807, 2.05) is 35.9 Å². The van der Waals surface area contributed by atoms with Crippen molar-refractivity contribution in [3.63, 3.8) is 0 Å². The number of para-hydroxylation sites is 1. The van der Waals surface area contributed by atoms with Crippen molar-refractivity contribution in [2.24, 2.45) is 7.05 Å². The van der Waals surface area contributed by atoms with Crippen molar-refractivity contribution in [2.75, 3.05) is 0 Å². The SMILES string of the molecule is CC(=O)c1cc2oc3ccccc3c2n1C. The molecule has 3 heteroatoms. The Bertz CT molecular complexity index is 703.